The number of carbonyl (C=O) groups excluding carboxylic acids is 2. The number of nitrogens with zero attached hydrogens (tertiary/aromatic N) is 1. The Morgan fingerprint density at radius 3 is 2.21 bits per heavy atom. The average molecular weight is 456 g/mol. The number of ether oxygens (including phenoxy) is 2. The largest absolute Gasteiger partial charge is 0.481 e. The first-order valence-electron chi connectivity index (χ1n) is 10.7. The summed E-state index contributed by atoms with van der Waals surface area (Å²) in [5.41, 5.74) is 4.27. The average Bonchev–Trinajstić information content (AvgIpc) is 3.13. The summed E-state index contributed by atoms with van der Waals surface area (Å²) in [6, 6.07) is 14.5. The van der Waals surface area contributed by atoms with Crippen molar-refractivity contribution >= 4 is 18.0 Å². The number of likely N-dealkylation sites (N-methyl/N-ethyl adjacent to an activating group) is 1. The molecule has 1 unspecified atom stereocenters. The number of carboxylic acids is 1. The van der Waals surface area contributed by atoms with Gasteiger partial charge >= 0.3 is 12.1 Å². The molecule has 2 amide bonds. The maximum absolute atomic E-state index is 12.7. The highest BCUT2D eigenvalue weighted by Crippen LogP contribution is 2.44. The van der Waals surface area contributed by atoms with Gasteiger partial charge in [0.05, 0.1) is 26.2 Å². The van der Waals surface area contributed by atoms with Gasteiger partial charge in [-0.3, -0.25) is 9.59 Å². The Labute approximate surface area is 191 Å². The van der Waals surface area contributed by atoms with Crippen LogP contribution in [-0.2, 0) is 19.1 Å². The number of rotatable bonds is 11. The summed E-state index contributed by atoms with van der Waals surface area (Å²) in [7, 11) is 1.49. The van der Waals surface area contributed by atoms with E-state index in [2.05, 4.69) is 5.32 Å². The van der Waals surface area contributed by atoms with Crippen LogP contribution in [0.15, 0.2) is 48.5 Å². The number of aliphatic hydroxyl groups is 1. The number of hydrogen-bond acceptors (Lipinski definition) is 6. The second kappa shape index (κ2) is 11.4. The monoisotopic (exact) mass is 456 g/mol. The van der Waals surface area contributed by atoms with Crippen molar-refractivity contribution in [2.75, 3.05) is 40.0 Å². The fourth-order valence-electron chi connectivity index (χ4n) is 3.90. The topological polar surface area (TPSA) is 125 Å². The molecule has 2 aromatic carbocycles. The molecule has 2 aromatic rings. The molecule has 176 valence electrons. The molecule has 3 N–H and O–H groups in total. The molecule has 0 radical (unpaired) electrons. The maximum atomic E-state index is 12.7. The molecular formula is C24H28N2O7. The molecule has 9 heteroatoms. The van der Waals surface area contributed by atoms with E-state index >= 15 is 0 Å². The lowest BCUT2D eigenvalue weighted by molar-refractivity contribution is -0.142. The minimum atomic E-state index is -1.28. The molecule has 1 atom stereocenters. The van der Waals surface area contributed by atoms with Crippen LogP contribution in [0, 0.1) is 0 Å². The van der Waals surface area contributed by atoms with Gasteiger partial charge < -0.3 is 29.9 Å². The Bertz CT molecular complexity index is 949. The van der Waals surface area contributed by atoms with Crippen LogP contribution in [0.5, 0.6) is 0 Å². The normalized spacial score (nSPS) is 13.0. The van der Waals surface area contributed by atoms with E-state index in [9.17, 15) is 19.5 Å². The third-order valence-electron chi connectivity index (χ3n) is 5.50. The Hall–Kier alpha value is -3.43. The van der Waals surface area contributed by atoms with Gasteiger partial charge in [-0.2, -0.15) is 0 Å². The minimum absolute atomic E-state index is 0.0542. The highest BCUT2D eigenvalue weighted by atomic mass is 16.5. The first kappa shape index (κ1) is 24.2. The van der Waals surface area contributed by atoms with Crippen molar-refractivity contribution in [3.05, 3.63) is 59.7 Å². The molecule has 0 aliphatic heterocycles. The van der Waals surface area contributed by atoms with Gasteiger partial charge in [-0.25, -0.2) is 4.79 Å². The van der Waals surface area contributed by atoms with E-state index in [1.165, 1.54) is 11.9 Å². The summed E-state index contributed by atoms with van der Waals surface area (Å²) in [6.07, 6.45) is -1.44. The lowest BCUT2D eigenvalue weighted by Gasteiger charge is -2.24. The molecule has 33 heavy (non-hydrogen) atoms. The molecule has 0 saturated carbocycles. The summed E-state index contributed by atoms with van der Waals surface area (Å²) < 4.78 is 10.6. The van der Waals surface area contributed by atoms with Crippen molar-refractivity contribution in [2.24, 2.45) is 0 Å². The molecule has 0 heterocycles. The predicted molar refractivity (Wildman–Crippen MR) is 120 cm³/mol. The Morgan fingerprint density at radius 2 is 1.64 bits per heavy atom. The number of alkyl carbamates (subject to hydrolysis) is 1. The number of nitrogens with one attached hydrogen (secondary N) is 1. The molecule has 1 aliphatic carbocycles. The summed E-state index contributed by atoms with van der Waals surface area (Å²) in [6.45, 7) is 0.411. The number of aliphatic carboxylic acids is 1. The minimum Gasteiger partial charge on any atom is -0.481 e. The first-order valence-corrected chi connectivity index (χ1v) is 10.7. The Kier molecular flexibility index (Phi) is 8.39. The van der Waals surface area contributed by atoms with E-state index in [0.29, 0.717) is 0 Å². The zero-order valence-corrected chi connectivity index (χ0v) is 18.4. The lowest BCUT2D eigenvalue weighted by atomic mass is 9.98. The van der Waals surface area contributed by atoms with Crippen LogP contribution in [0.25, 0.3) is 11.1 Å². The molecule has 0 fully saturated rings. The fraction of sp³-hybridized carbons (Fsp3) is 0.375. The second-order valence-corrected chi connectivity index (χ2v) is 7.72. The number of carbonyl (C=O) groups is 3. The fourth-order valence-corrected chi connectivity index (χ4v) is 3.90. The number of carboxylic acid groups (broad SMARTS) is 1. The van der Waals surface area contributed by atoms with E-state index in [1.807, 2.05) is 48.5 Å². The highest BCUT2D eigenvalue weighted by Gasteiger charge is 2.31. The van der Waals surface area contributed by atoms with Crippen molar-refractivity contribution in [1.29, 1.82) is 0 Å². The number of aliphatic hydroxyl groups excluding tert-OH is 1. The third kappa shape index (κ3) is 6.09. The van der Waals surface area contributed by atoms with Crippen molar-refractivity contribution in [1.82, 2.24) is 10.2 Å². The van der Waals surface area contributed by atoms with Gasteiger partial charge in [-0.05, 0) is 22.3 Å². The van der Waals surface area contributed by atoms with Crippen LogP contribution in [0.1, 0.15) is 23.5 Å². The SMILES string of the molecule is CN(CCOCCO)C(=O)C(CC(=O)O)NC(=O)OCC1c2ccccc2-c2ccccc21. The van der Waals surface area contributed by atoms with Crippen molar-refractivity contribution in [2.45, 2.75) is 18.4 Å². The summed E-state index contributed by atoms with van der Waals surface area (Å²) in [5.74, 6) is -1.95. The smallest absolute Gasteiger partial charge is 0.407 e. The second-order valence-electron chi connectivity index (χ2n) is 7.72. The third-order valence-corrected chi connectivity index (χ3v) is 5.50. The molecule has 9 nitrogen and oxygen atoms in total. The van der Waals surface area contributed by atoms with Crippen LogP contribution in [0.2, 0.25) is 0 Å². The van der Waals surface area contributed by atoms with E-state index in [0.717, 1.165) is 22.3 Å². The van der Waals surface area contributed by atoms with Gasteiger partial charge in [0.2, 0.25) is 5.91 Å². The molecule has 0 aromatic heterocycles. The summed E-state index contributed by atoms with van der Waals surface area (Å²) in [5, 5.41) is 20.3. The van der Waals surface area contributed by atoms with Crippen molar-refractivity contribution < 1.29 is 34.1 Å². The predicted octanol–water partition coefficient (Wildman–Crippen LogP) is 1.84. The number of benzene rings is 2. The Balaban J connectivity index is 1.62. The van der Waals surface area contributed by atoms with Crippen LogP contribution in [-0.4, -0.2) is 79.1 Å². The number of fused-ring (bicyclic) bond motifs is 3. The first-order chi connectivity index (χ1) is 15.9. The van der Waals surface area contributed by atoms with Gasteiger partial charge in [0, 0.05) is 19.5 Å². The van der Waals surface area contributed by atoms with Crippen LogP contribution in [0.4, 0.5) is 4.79 Å². The zero-order valence-electron chi connectivity index (χ0n) is 18.4. The molecule has 3 rings (SSSR count). The van der Waals surface area contributed by atoms with Gasteiger partial charge in [0.15, 0.2) is 0 Å². The van der Waals surface area contributed by atoms with Gasteiger partial charge in [0.1, 0.15) is 12.6 Å². The Morgan fingerprint density at radius 1 is 1.03 bits per heavy atom. The number of amides is 2. The quantitative estimate of drug-likeness (QED) is 0.441. The van der Waals surface area contributed by atoms with E-state index < -0.39 is 30.4 Å². The van der Waals surface area contributed by atoms with Crippen molar-refractivity contribution in [3.8, 4) is 11.1 Å². The van der Waals surface area contributed by atoms with E-state index in [-0.39, 0.29) is 38.9 Å². The van der Waals surface area contributed by atoms with Crippen LogP contribution < -0.4 is 5.32 Å². The lowest BCUT2D eigenvalue weighted by Crippen LogP contribution is -2.49. The molecule has 1 aliphatic rings. The van der Waals surface area contributed by atoms with E-state index in [4.69, 9.17) is 14.6 Å². The van der Waals surface area contributed by atoms with E-state index in [1.54, 1.807) is 0 Å². The summed E-state index contributed by atoms with van der Waals surface area (Å²) >= 11 is 0. The van der Waals surface area contributed by atoms with Crippen molar-refractivity contribution in [3.63, 3.8) is 0 Å². The molecule has 0 spiro atoms. The maximum Gasteiger partial charge on any atom is 0.407 e. The molecular weight excluding hydrogens is 428 g/mol. The van der Waals surface area contributed by atoms with Crippen LogP contribution in [0.3, 0.4) is 0 Å². The van der Waals surface area contributed by atoms with Gasteiger partial charge in [-0.1, -0.05) is 48.5 Å². The summed E-state index contributed by atoms with van der Waals surface area (Å²) in [4.78, 5) is 37.7. The highest BCUT2D eigenvalue weighted by molar-refractivity contribution is 5.89. The standard InChI is InChI=1S/C24H28N2O7/c1-26(10-12-32-13-11-27)23(30)21(14-22(28)29)25-24(31)33-15-20-18-8-4-2-6-16(18)17-7-3-5-9-19(17)20/h2-9,20-21,27H,10-15H2,1H3,(H,25,31)(H,28,29). The molecule has 0 saturated heterocycles. The zero-order chi connectivity index (χ0) is 23.8. The van der Waals surface area contributed by atoms with Gasteiger partial charge in [0.25, 0.3) is 0 Å². The van der Waals surface area contributed by atoms with Crippen LogP contribution >= 0.6 is 0 Å². The number of hydrogen-bond donors (Lipinski definition) is 3. The van der Waals surface area contributed by atoms with Gasteiger partial charge in [-0.15, -0.1) is 0 Å². The molecule has 0 bridgehead atoms.